The van der Waals surface area contributed by atoms with Crippen molar-refractivity contribution in [2.24, 2.45) is 0 Å². The van der Waals surface area contributed by atoms with Crippen LogP contribution in [0.15, 0.2) is 33.5 Å². The molecule has 0 aromatic carbocycles. The van der Waals surface area contributed by atoms with Crippen LogP contribution in [0.3, 0.4) is 0 Å². The molecule has 0 amide bonds. The number of carbonyl (C=O) groups excluding carboxylic acids is 1. The fraction of sp³-hybridized carbons (Fsp3) is 0.0833. The Morgan fingerprint density at radius 3 is 2.00 bits per heavy atom. The zero-order valence-electron chi connectivity index (χ0n) is 12.4. The maximum Gasteiger partial charge on any atom is 1.00 e. The van der Waals surface area contributed by atoms with Crippen molar-refractivity contribution < 1.29 is 40.9 Å². The van der Waals surface area contributed by atoms with Crippen LogP contribution in [0.1, 0.15) is 17.3 Å². The molecule has 0 unspecified atom stereocenters. The van der Waals surface area contributed by atoms with Crippen LogP contribution in [0, 0.1) is 0 Å². The minimum Gasteiger partial charge on any atom is -1.00 e. The third-order valence-electron chi connectivity index (χ3n) is 2.03. The van der Waals surface area contributed by atoms with Gasteiger partial charge in [0.2, 0.25) is 0 Å². The van der Waals surface area contributed by atoms with Gasteiger partial charge in [0.25, 0.3) is 0 Å². The van der Waals surface area contributed by atoms with Crippen LogP contribution in [-0.4, -0.2) is 29.8 Å². The van der Waals surface area contributed by atoms with Gasteiger partial charge in [-0.05, 0) is 50.1 Å². The van der Waals surface area contributed by atoms with E-state index in [2.05, 4.69) is 41.8 Å². The minimum atomic E-state index is -0.0703. The summed E-state index contributed by atoms with van der Waals surface area (Å²) in [5, 5.41) is 9.24. The number of hydrogen-bond acceptors (Lipinski definition) is 4. The summed E-state index contributed by atoms with van der Waals surface area (Å²) in [6.45, 7) is -0.0703. The smallest absolute Gasteiger partial charge is 1.00 e. The van der Waals surface area contributed by atoms with E-state index in [1.807, 2.05) is 0 Å². The molecule has 2 aromatic heterocycles. The van der Waals surface area contributed by atoms with Crippen LogP contribution in [-0.2, 0) is 6.61 Å². The molecule has 0 aliphatic rings. The summed E-state index contributed by atoms with van der Waals surface area (Å²) >= 11 is 17.4. The standard InChI is InChI=1S/C6H5BrClNO.C6H3BrClNO.B.Na.H/c2*7-5-2-1-4(3-10)6(8)9-5;;;/h1-2,10H,3H2;1-3H;;;/q;;;+1;-1. The number of aliphatic hydroxyl groups excluding tert-OH is 1. The molecular weight excluding hydrogens is 469 g/mol. The van der Waals surface area contributed by atoms with Crippen molar-refractivity contribution in [2.75, 3.05) is 0 Å². The Balaban J connectivity index is -0.000000308. The second-order valence-corrected chi connectivity index (χ2v) is 5.71. The predicted octanol–water partition coefficient (Wildman–Crippen LogP) is 1.04. The summed E-state index contributed by atoms with van der Waals surface area (Å²) in [4.78, 5) is 17.9. The van der Waals surface area contributed by atoms with Gasteiger partial charge in [0.15, 0.2) is 6.29 Å². The molecule has 2 heterocycles. The zero-order chi connectivity index (χ0) is 15.1. The van der Waals surface area contributed by atoms with E-state index < -0.39 is 0 Å². The van der Waals surface area contributed by atoms with Gasteiger partial charge < -0.3 is 6.53 Å². The number of carbonyl (C=O) groups is 1. The van der Waals surface area contributed by atoms with E-state index in [4.69, 9.17) is 28.3 Å². The maximum atomic E-state index is 10.2. The van der Waals surface area contributed by atoms with Gasteiger partial charge in [0.1, 0.15) is 19.5 Å². The summed E-state index contributed by atoms with van der Waals surface area (Å²) < 4.78 is 1.30. The van der Waals surface area contributed by atoms with Crippen LogP contribution in [0.2, 0.25) is 10.3 Å². The van der Waals surface area contributed by atoms with Gasteiger partial charge in [-0.15, -0.1) is 0 Å². The molecule has 1 N–H and O–H groups in total. The Hall–Kier alpha value is 0.535. The van der Waals surface area contributed by atoms with E-state index in [0.29, 0.717) is 31.8 Å². The first-order valence-corrected chi connectivity index (χ1v) is 7.51. The zero-order valence-corrected chi connectivity index (χ0v) is 18.1. The first-order chi connectivity index (χ1) is 9.47. The molecule has 10 heteroatoms. The molecular formula is C12H9BBr2Cl2N2NaO2. The van der Waals surface area contributed by atoms with Gasteiger partial charge in [-0.2, -0.15) is 0 Å². The molecule has 4 nitrogen and oxygen atoms in total. The monoisotopic (exact) mass is 475 g/mol. The number of pyridine rings is 2. The Bertz CT molecular complexity index is 630. The second-order valence-electron chi connectivity index (χ2n) is 3.37. The Morgan fingerprint density at radius 1 is 1.09 bits per heavy atom. The molecule has 0 atom stereocenters. The van der Waals surface area contributed by atoms with Crippen LogP contribution in [0.5, 0.6) is 0 Å². The Morgan fingerprint density at radius 2 is 1.59 bits per heavy atom. The van der Waals surface area contributed by atoms with Crippen molar-refractivity contribution in [2.45, 2.75) is 6.61 Å². The van der Waals surface area contributed by atoms with Crippen molar-refractivity contribution in [3.8, 4) is 0 Å². The predicted molar refractivity (Wildman–Crippen MR) is 92.1 cm³/mol. The normalized spacial score (nSPS) is 8.77. The fourth-order valence-electron chi connectivity index (χ4n) is 1.07. The molecule has 0 saturated heterocycles. The molecule has 3 radical (unpaired) electrons. The van der Waals surface area contributed by atoms with Crippen LogP contribution in [0.4, 0.5) is 0 Å². The summed E-state index contributed by atoms with van der Waals surface area (Å²) in [5.74, 6) is 0. The average molecular weight is 478 g/mol. The van der Waals surface area contributed by atoms with Crippen molar-refractivity contribution in [3.05, 3.63) is 54.9 Å². The molecule has 0 fully saturated rings. The van der Waals surface area contributed by atoms with Gasteiger partial charge in [-0.25, -0.2) is 9.97 Å². The van der Waals surface area contributed by atoms with Gasteiger partial charge in [-0.1, -0.05) is 29.3 Å². The number of aliphatic hydroxyl groups is 1. The third-order valence-corrected chi connectivity index (χ3v) is 3.55. The summed E-state index contributed by atoms with van der Waals surface area (Å²) in [6, 6.07) is 6.72. The Kier molecular flexibility index (Phi) is 14.5. The number of hydrogen-bond donors (Lipinski definition) is 1. The summed E-state index contributed by atoms with van der Waals surface area (Å²) in [7, 11) is 0. The Labute approximate surface area is 180 Å². The van der Waals surface area contributed by atoms with Crippen LogP contribution in [0.25, 0.3) is 0 Å². The number of halogens is 4. The summed E-state index contributed by atoms with van der Waals surface area (Å²) in [5.41, 5.74) is 1.05. The first-order valence-electron chi connectivity index (χ1n) is 5.17. The second kappa shape index (κ2) is 12.9. The molecule has 0 saturated carbocycles. The van der Waals surface area contributed by atoms with E-state index in [1.165, 1.54) is 0 Å². The molecule has 0 aliphatic heterocycles. The van der Waals surface area contributed by atoms with Crippen molar-refractivity contribution >= 4 is 69.8 Å². The van der Waals surface area contributed by atoms with Crippen LogP contribution >= 0.6 is 55.1 Å². The number of aldehydes is 1. The van der Waals surface area contributed by atoms with E-state index in [1.54, 1.807) is 24.3 Å². The van der Waals surface area contributed by atoms with Crippen molar-refractivity contribution in [1.82, 2.24) is 9.97 Å². The minimum absolute atomic E-state index is 0. The van der Waals surface area contributed by atoms with Gasteiger partial charge in [-0.3, -0.25) is 4.79 Å². The molecule has 2 aromatic rings. The molecule has 111 valence electrons. The van der Waals surface area contributed by atoms with Gasteiger partial charge >= 0.3 is 29.6 Å². The van der Waals surface area contributed by atoms with E-state index in [0.717, 1.165) is 0 Å². The largest absolute Gasteiger partial charge is 1.00 e. The molecule has 2 rings (SSSR count). The molecule has 22 heavy (non-hydrogen) atoms. The van der Waals surface area contributed by atoms with Gasteiger partial charge in [0, 0.05) is 14.0 Å². The number of aromatic nitrogens is 2. The third kappa shape index (κ3) is 8.40. The average Bonchev–Trinajstić information content (AvgIpc) is 2.40. The van der Waals surface area contributed by atoms with E-state index in [-0.39, 0.29) is 51.2 Å². The topological polar surface area (TPSA) is 63.1 Å². The maximum absolute atomic E-state index is 10.2. The number of rotatable bonds is 2. The SMILES string of the molecule is O=Cc1ccc(Br)nc1Cl.OCc1ccc(Br)nc1Cl.[B].[H-].[Na+]. The molecule has 0 spiro atoms. The van der Waals surface area contributed by atoms with Crippen molar-refractivity contribution in [1.29, 1.82) is 0 Å². The van der Waals surface area contributed by atoms with E-state index in [9.17, 15) is 4.79 Å². The first kappa shape index (κ1) is 24.8. The summed E-state index contributed by atoms with van der Waals surface area (Å²) in [6.07, 6.45) is 0.668. The van der Waals surface area contributed by atoms with Crippen LogP contribution < -0.4 is 29.6 Å². The van der Waals surface area contributed by atoms with Gasteiger partial charge in [0.05, 0.1) is 12.2 Å². The van der Waals surface area contributed by atoms with Crippen molar-refractivity contribution in [3.63, 3.8) is 0 Å². The fourth-order valence-corrected chi connectivity index (χ4v) is 2.31. The molecule has 0 bridgehead atoms. The number of nitrogens with zero attached hydrogens (tertiary/aromatic N) is 2. The molecule has 0 aliphatic carbocycles. The van der Waals surface area contributed by atoms with E-state index >= 15 is 0 Å². The quantitative estimate of drug-likeness (QED) is 0.399.